The van der Waals surface area contributed by atoms with Gasteiger partial charge in [0.15, 0.2) is 29.2 Å². The van der Waals surface area contributed by atoms with Gasteiger partial charge in [0.2, 0.25) is 12.5 Å². The van der Waals surface area contributed by atoms with Crippen LogP contribution in [0.1, 0.15) is 24.0 Å². The number of methoxy groups -OCH3 is 3. The van der Waals surface area contributed by atoms with E-state index in [1.165, 1.54) is 0 Å². The van der Waals surface area contributed by atoms with E-state index in [0.717, 1.165) is 35.7 Å². The molecule has 5 rings (SSSR count). The van der Waals surface area contributed by atoms with E-state index in [2.05, 4.69) is 11.8 Å². The number of hydrogen-bond donors (Lipinski definition) is 0. The Kier molecular flexibility index (Phi) is 5.65. The van der Waals surface area contributed by atoms with Gasteiger partial charge in [0.1, 0.15) is 5.75 Å². The number of fused-ring (bicyclic) bond motifs is 2. The van der Waals surface area contributed by atoms with E-state index < -0.39 is 0 Å². The quantitative estimate of drug-likeness (QED) is 0.698. The van der Waals surface area contributed by atoms with Crippen LogP contribution in [0.4, 0.5) is 0 Å². The molecule has 0 saturated carbocycles. The zero-order chi connectivity index (χ0) is 22.2. The number of benzene rings is 2. The smallest absolute Gasteiger partial charge is 0.231 e. The number of rotatable bonds is 5. The fourth-order valence-corrected chi connectivity index (χ4v) is 4.97. The molecule has 0 spiro atoms. The fourth-order valence-electron chi connectivity index (χ4n) is 4.97. The van der Waals surface area contributed by atoms with Crippen LogP contribution in [0.2, 0.25) is 0 Å². The maximum absolute atomic E-state index is 6.57. The van der Waals surface area contributed by atoms with Gasteiger partial charge in [-0.2, -0.15) is 0 Å². The highest BCUT2D eigenvalue weighted by Crippen LogP contribution is 2.51. The molecular formula is C24H29NO7. The summed E-state index contributed by atoms with van der Waals surface area (Å²) in [5.41, 5.74) is 2.12. The van der Waals surface area contributed by atoms with Gasteiger partial charge in [0.25, 0.3) is 0 Å². The molecule has 172 valence electrons. The van der Waals surface area contributed by atoms with Crippen LogP contribution in [-0.4, -0.2) is 65.6 Å². The molecule has 2 aromatic rings. The molecule has 1 fully saturated rings. The Labute approximate surface area is 187 Å². The first kappa shape index (κ1) is 21.0. The lowest BCUT2D eigenvalue weighted by Gasteiger charge is -2.44. The van der Waals surface area contributed by atoms with E-state index in [1.807, 2.05) is 24.3 Å². The van der Waals surface area contributed by atoms with Gasteiger partial charge in [-0.05, 0) is 23.8 Å². The lowest BCUT2D eigenvalue weighted by atomic mass is 9.77. The van der Waals surface area contributed by atoms with Crippen molar-refractivity contribution in [3.8, 4) is 34.5 Å². The van der Waals surface area contributed by atoms with Crippen LogP contribution in [0.3, 0.4) is 0 Å². The Morgan fingerprint density at radius 1 is 0.844 bits per heavy atom. The summed E-state index contributed by atoms with van der Waals surface area (Å²) in [7, 11) is 4.88. The average molecular weight is 443 g/mol. The van der Waals surface area contributed by atoms with Gasteiger partial charge in [-0.3, -0.25) is 4.90 Å². The second-order valence-electron chi connectivity index (χ2n) is 8.20. The number of morpholine rings is 1. The summed E-state index contributed by atoms with van der Waals surface area (Å²) in [4.78, 5) is 2.35. The second-order valence-corrected chi connectivity index (χ2v) is 8.20. The van der Waals surface area contributed by atoms with Crippen LogP contribution >= 0.6 is 0 Å². The first-order valence-corrected chi connectivity index (χ1v) is 10.9. The molecule has 3 atom stereocenters. The van der Waals surface area contributed by atoms with Crippen molar-refractivity contribution in [2.75, 3.05) is 54.4 Å². The largest absolute Gasteiger partial charge is 0.493 e. The minimum atomic E-state index is -0.101. The monoisotopic (exact) mass is 443 g/mol. The van der Waals surface area contributed by atoms with Gasteiger partial charge in [-0.1, -0.05) is 6.92 Å². The molecule has 32 heavy (non-hydrogen) atoms. The summed E-state index contributed by atoms with van der Waals surface area (Å²) in [6, 6.07) is 8.04. The van der Waals surface area contributed by atoms with Crippen LogP contribution < -0.4 is 28.4 Å². The van der Waals surface area contributed by atoms with Crippen molar-refractivity contribution in [2.24, 2.45) is 5.92 Å². The minimum Gasteiger partial charge on any atom is -0.493 e. The summed E-state index contributed by atoms with van der Waals surface area (Å²) in [6.07, 6.45) is -0.101. The molecule has 1 saturated heterocycles. The highest BCUT2D eigenvalue weighted by atomic mass is 16.7. The molecule has 0 radical (unpaired) electrons. The molecular weight excluding hydrogens is 414 g/mol. The van der Waals surface area contributed by atoms with E-state index in [9.17, 15) is 0 Å². The van der Waals surface area contributed by atoms with Crippen molar-refractivity contribution in [3.63, 3.8) is 0 Å². The zero-order valence-electron chi connectivity index (χ0n) is 18.9. The van der Waals surface area contributed by atoms with Gasteiger partial charge >= 0.3 is 0 Å². The predicted octanol–water partition coefficient (Wildman–Crippen LogP) is 3.26. The molecule has 8 heteroatoms. The number of hydrogen-bond acceptors (Lipinski definition) is 8. The van der Waals surface area contributed by atoms with Gasteiger partial charge in [0.05, 0.1) is 34.5 Å². The minimum absolute atomic E-state index is 0.0230. The van der Waals surface area contributed by atoms with E-state index >= 15 is 0 Å². The lowest BCUT2D eigenvalue weighted by molar-refractivity contribution is -0.0784. The molecule has 0 aliphatic carbocycles. The van der Waals surface area contributed by atoms with E-state index in [4.69, 9.17) is 33.2 Å². The van der Waals surface area contributed by atoms with Crippen LogP contribution in [-0.2, 0) is 4.74 Å². The fraction of sp³-hybridized carbons (Fsp3) is 0.500. The van der Waals surface area contributed by atoms with Gasteiger partial charge in [0, 0.05) is 36.6 Å². The Balaban J connectivity index is 1.64. The van der Waals surface area contributed by atoms with Crippen LogP contribution in [0.5, 0.6) is 34.5 Å². The van der Waals surface area contributed by atoms with Gasteiger partial charge in [-0.15, -0.1) is 0 Å². The molecule has 3 aliphatic heterocycles. The van der Waals surface area contributed by atoms with Gasteiger partial charge < -0.3 is 33.2 Å². The van der Waals surface area contributed by atoms with Crippen LogP contribution in [0.15, 0.2) is 24.3 Å². The van der Waals surface area contributed by atoms with Crippen molar-refractivity contribution < 1.29 is 33.2 Å². The molecule has 3 heterocycles. The number of nitrogens with zero attached hydrogens (tertiary/aromatic N) is 1. The van der Waals surface area contributed by atoms with Crippen molar-refractivity contribution in [3.05, 3.63) is 35.4 Å². The van der Waals surface area contributed by atoms with Crippen molar-refractivity contribution in [1.29, 1.82) is 0 Å². The molecule has 0 bridgehead atoms. The molecule has 0 N–H and O–H groups in total. The summed E-state index contributed by atoms with van der Waals surface area (Å²) in [6.45, 7) is 5.51. The molecule has 8 nitrogen and oxygen atoms in total. The summed E-state index contributed by atoms with van der Waals surface area (Å²) < 4.78 is 40.3. The standard InChI is InChI=1S/C24H29NO7/c1-14-22(15-9-20(26-2)23(28-4)21(10-15)27-3)16-11-18-19(31-13-30-18)12-17(16)32-24(14)25-5-7-29-8-6-25/h9-12,14,22,24H,5-8,13H2,1-4H3/t14-,22-,24+/m1/s1. The molecule has 3 aliphatic rings. The normalized spacial score (nSPS) is 24.4. The van der Waals surface area contributed by atoms with Crippen molar-refractivity contribution >= 4 is 0 Å². The second kappa shape index (κ2) is 8.60. The molecule has 0 unspecified atom stereocenters. The molecule has 0 aromatic heterocycles. The zero-order valence-corrected chi connectivity index (χ0v) is 18.9. The third-order valence-electron chi connectivity index (χ3n) is 6.52. The highest BCUT2D eigenvalue weighted by molar-refractivity contribution is 5.60. The van der Waals surface area contributed by atoms with Crippen molar-refractivity contribution in [2.45, 2.75) is 19.1 Å². The molecule has 0 amide bonds. The van der Waals surface area contributed by atoms with Crippen molar-refractivity contribution in [1.82, 2.24) is 4.90 Å². The first-order valence-electron chi connectivity index (χ1n) is 10.9. The summed E-state index contributed by atoms with van der Waals surface area (Å²) in [5, 5.41) is 0. The Morgan fingerprint density at radius 2 is 1.50 bits per heavy atom. The SMILES string of the molecule is COc1cc([C@@H]2c3cc4c(cc3O[C@H](N3CCOCC3)[C@@H]2C)OCO4)cc(OC)c1OC. The van der Waals surface area contributed by atoms with Gasteiger partial charge in [-0.25, -0.2) is 0 Å². The number of ether oxygens (including phenoxy) is 7. The maximum Gasteiger partial charge on any atom is 0.231 e. The Bertz CT molecular complexity index is 964. The first-order chi connectivity index (χ1) is 15.6. The summed E-state index contributed by atoms with van der Waals surface area (Å²) in [5.74, 6) is 4.26. The average Bonchev–Trinajstić information content (AvgIpc) is 3.29. The summed E-state index contributed by atoms with van der Waals surface area (Å²) >= 11 is 0. The van der Waals surface area contributed by atoms with Crippen LogP contribution in [0, 0.1) is 5.92 Å². The van der Waals surface area contributed by atoms with E-state index in [1.54, 1.807) is 21.3 Å². The third-order valence-corrected chi connectivity index (χ3v) is 6.52. The Hall–Kier alpha value is -2.84. The predicted molar refractivity (Wildman–Crippen MR) is 116 cm³/mol. The van der Waals surface area contributed by atoms with Crippen LogP contribution in [0.25, 0.3) is 0 Å². The van der Waals surface area contributed by atoms with E-state index in [0.29, 0.717) is 36.2 Å². The lowest BCUT2D eigenvalue weighted by Crippen LogP contribution is -2.52. The molecule has 2 aromatic carbocycles. The third kappa shape index (κ3) is 3.47. The highest BCUT2D eigenvalue weighted by Gasteiger charge is 2.41. The maximum atomic E-state index is 6.57. The topological polar surface area (TPSA) is 67.9 Å². The van der Waals surface area contributed by atoms with E-state index in [-0.39, 0.29) is 24.9 Å². The Morgan fingerprint density at radius 3 is 2.12 bits per heavy atom.